The third kappa shape index (κ3) is 4.83. The van der Waals surface area contributed by atoms with Gasteiger partial charge in [0.05, 0.1) is 11.0 Å². The van der Waals surface area contributed by atoms with Gasteiger partial charge in [0, 0.05) is 49.9 Å². The standard InChI is InChI=1S/C15H23N3O3.ClH/c1-11(2)21-15-5-4-14(18(19)20)8-13(15)10-17-7-6-16-9-12(17)3;/h4-5,8,11-12,16H,6-7,9-10H2,1-3H3;1H/t12-;/m1./s1. The van der Waals surface area contributed by atoms with E-state index in [1.54, 1.807) is 12.1 Å². The molecule has 1 aliphatic rings. The van der Waals surface area contributed by atoms with E-state index in [1.807, 2.05) is 13.8 Å². The van der Waals surface area contributed by atoms with Gasteiger partial charge in [0.1, 0.15) is 5.75 Å². The molecule has 6 nitrogen and oxygen atoms in total. The molecule has 1 heterocycles. The molecule has 0 amide bonds. The van der Waals surface area contributed by atoms with E-state index in [1.165, 1.54) is 6.07 Å². The Morgan fingerprint density at radius 3 is 2.82 bits per heavy atom. The molecule has 0 aliphatic carbocycles. The van der Waals surface area contributed by atoms with Gasteiger partial charge in [-0.1, -0.05) is 0 Å². The number of nitrogens with one attached hydrogen (secondary N) is 1. The molecular weight excluding hydrogens is 306 g/mol. The molecule has 1 fully saturated rings. The molecule has 1 aliphatic heterocycles. The summed E-state index contributed by atoms with van der Waals surface area (Å²) in [5.74, 6) is 0.737. The van der Waals surface area contributed by atoms with Crippen LogP contribution in [0.4, 0.5) is 5.69 Å². The average Bonchev–Trinajstić information content (AvgIpc) is 2.42. The van der Waals surface area contributed by atoms with Crippen molar-refractivity contribution >= 4 is 18.1 Å². The first-order valence-corrected chi connectivity index (χ1v) is 7.36. The van der Waals surface area contributed by atoms with Crippen LogP contribution in [0.5, 0.6) is 5.75 Å². The molecule has 0 unspecified atom stereocenters. The molecule has 0 aromatic heterocycles. The number of hydrogen-bond donors (Lipinski definition) is 1. The van der Waals surface area contributed by atoms with Gasteiger partial charge < -0.3 is 10.1 Å². The molecule has 1 N–H and O–H groups in total. The summed E-state index contributed by atoms with van der Waals surface area (Å²) in [7, 11) is 0. The minimum absolute atomic E-state index is 0. The number of hydrogen-bond acceptors (Lipinski definition) is 5. The van der Waals surface area contributed by atoms with E-state index in [0.717, 1.165) is 30.9 Å². The van der Waals surface area contributed by atoms with Gasteiger partial charge in [-0.15, -0.1) is 12.4 Å². The van der Waals surface area contributed by atoms with E-state index >= 15 is 0 Å². The summed E-state index contributed by atoms with van der Waals surface area (Å²) in [6.45, 7) is 9.57. The lowest BCUT2D eigenvalue weighted by atomic mass is 10.1. The van der Waals surface area contributed by atoms with Crippen LogP contribution in [-0.4, -0.2) is 41.6 Å². The van der Waals surface area contributed by atoms with E-state index in [0.29, 0.717) is 12.6 Å². The molecule has 7 heteroatoms. The topological polar surface area (TPSA) is 67.6 Å². The summed E-state index contributed by atoms with van der Waals surface area (Å²) < 4.78 is 5.79. The number of benzene rings is 1. The van der Waals surface area contributed by atoms with Gasteiger partial charge in [-0.25, -0.2) is 0 Å². The second kappa shape index (κ2) is 8.31. The van der Waals surface area contributed by atoms with E-state index in [9.17, 15) is 10.1 Å². The van der Waals surface area contributed by atoms with Crippen molar-refractivity contribution in [2.75, 3.05) is 19.6 Å². The zero-order valence-corrected chi connectivity index (χ0v) is 14.1. The van der Waals surface area contributed by atoms with E-state index in [2.05, 4.69) is 17.1 Å². The van der Waals surface area contributed by atoms with Crippen molar-refractivity contribution in [1.82, 2.24) is 10.2 Å². The van der Waals surface area contributed by atoms with E-state index in [4.69, 9.17) is 4.74 Å². The van der Waals surface area contributed by atoms with Crippen LogP contribution >= 0.6 is 12.4 Å². The van der Waals surface area contributed by atoms with Gasteiger partial charge >= 0.3 is 0 Å². The van der Waals surface area contributed by atoms with Crippen molar-refractivity contribution < 1.29 is 9.66 Å². The van der Waals surface area contributed by atoms with Crippen LogP contribution in [0.2, 0.25) is 0 Å². The van der Waals surface area contributed by atoms with Gasteiger partial charge in [-0.2, -0.15) is 0 Å². The highest BCUT2D eigenvalue weighted by atomic mass is 35.5. The van der Waals surface area contributed by atoms with Crippen molar-refractivity contribution in [3.05, 3.63) is 33.9 Å². The SMILES string of the molecule is CC(C)Oc1ccc([N+](=O)[O-])cc1CN1CCNC[C@H]1C.Cl. The average molecular weight is 330 g/mol. The lowest BCUT2D eigenvalue weighted by molar-refractivity contribution is -0.385. The second-order valence-electron chi connectivity index (χ2n) is 5.74. The highest BCUT2D eigenvalue weighted by Crippen LogP contribution is 2.27. The number of non-ortho nitro benzene ring substituents is 1. The second-order valence-corrected chi connectivity index (χ2v) is 5.74. The monoisotopic (exact) mass is 329 g/mol. The molecule has 2 rings (SSSR count). The highest BCUT2D eigenvalue weighted by Gasteiger charge is 2.21. The Bertz CT molecular complexity index is 511. The van der Waals surface area contributed by atoms with Crippen molar-refractivity contribution in [3.8, 4) is 5.75 Å². The molecular formula is C15H24ClN3O3. The Labute approximate surface area is 137 Å². The van der Waals surface area contributed by atoms with Crippen LogP contribution in [0, 0.1) is 10.1 Å². The first kappa shape index (κ1) is 18.7. The minimum Gasteiger partial charge on any atom is -0.491 e. The van der Waals surface area contributed by atoms with Gasteiger partial charge in [-0.05, 0) is 26.8 Å². The quantitative estimate of drug-likeness (QED) is 0.664. The lowest BCUT2D eigenvalue weighted by Crippen LogP contribution is -2.49. The maximum atomic E-state index is 11.0. The summed E-state index contributed by atoms with van der Waals surface area (Å²) in [5.41, 5.74) is 0.996. The smallest absolute Gasteiger partial charge is 0.270 e. The third-order valence-electron chi connectivity index (χ3n) is 3.63. The predicted octanol–water partition coefficient (Wildman–Crippen LogP) is 2.60. The fourth-order valence-corrected chi connectivity index (χ4v) is 2.51. The molecule has 124 valence electrons. The van der Waals surface area contributed by atoms with Crippen LogP contribution in [0.1, 0.15) is 26.3 Å². The van der Waals surface area contributed by atoms with Crippen molar-refractivity contribution in [3.63, 3.8) is 0 Å². The van der Waals surface area contributed by atoms with Crippen molar-refractivity contribution in [1.29, 1.82) is 0 Å². The highest BCUT2D eigenvalue weighted by molar-refractivity contribution is 5.85. The Morgan fingerprint density at radius 2 is 2.23 bits per heavy atom. The Morgan fingerprint density at radius 1 is 1.50 bits per heavy atom. The normalized spacial score (nSPS) is 18.8. The minimum atomic E-state index is -0.357. The van der Waals surface area contributed by atoms with Crippen LogP contribution < -0.4 is 10.1 Å². The summed E-state index contributed by atoms with van der Waals surface area (Å²) in [6, 6.07) is 5.25. The van der Waals surface area contributed by atoms with E-state index < -0.39 is 0 Å². The largest absolute Gasteiger partial charge is 0.491 e. The van der Waals surface area contributed by atoms with Gasteiger partial charge in [-0.3, -0.25) is 15.0 Å². The number of nitro benzene ring substituents is 1. The van der Waals surface area contributed by atoms with Gasteiger partial charge in [0.2, 0.25) is 0 Å². The Kier molecular flexibility index (Phi) is 7.06. The summed E-state index contributed by atoms with van der Waals surface area (Å²) in [6.07, 6.45) is 0.0469. The van der Waals surface area contributed by atoms with Crippen LogP contribution in [0.3, 0.4) is 0 Å². The maximum Gasteiger partial charge on any atom is 0.270 e. The number of nitrogens with zero attached hydrogens (tertiary/aromatic N) is 2. The fraction of sp³-hybridized carbons (Fsp3) is 0.600. The molecule has 0 bridgehead atoms. The lowest BCUT2D eigenvalue weighted by Gasteiger charge is -2.34. The van der Waals surface area contributed by atoms with Crippen LogP contribution in [0.25, 0.3) is 0 Å². The van der Waals surface area contributed by atoms with Gasteiger partial charge in [0.25, 0.3) is 5.69 Å². The van der Waals surface area contributed by atoms with Crippen LogP contribution in [-0.2, 0) is 6.54 Å². The maximum absolute atomic E-state index is 11.0. The molecule has 0 saturated carbocycles. The Hall–Kier alpha value is -1.37. The molecule has 1 saturated heterocycles. The molecule has 1 atom stereocenters. The fourth-order valence-electron chi connectivity index (χ4n) is 2.51. The van der Waals surface area contributed by atoms with Crippen molar-refractivity contribution in [2.24, 2.45) is 0 Å². The molecule has 0 spiro atoms. The number of rotatable bonds is 5. The zero-order chi connectivity index (χ0) is 15.4. The molecule has 0 radical (unpaired) electrons. The predicted molar refractivity (Wildman–Crippen MR) is 88.9 cm³/mol. The summed E-state index contributed by atoms with van der Waals surface area (Å²) >= 11 is 0. The molecule has 1 aromatic carbocycles. The van der Waals surface area contributed by atoms with E-state index in [-0.39, 0.29) is 29.1 Å². The number of halogens is 1. The number of nitro groups is 1. The Balaban J connectivity index is 0.00000242. The van der Waals surface area contributed by atoms with Crippen molar-refractivity contribution in [2.45, 2.75) is 39.5 Å². The zero-order valence-electron chi connectivity index (χ0n) is 13.2. The summed E-state index contributed by atoms with van der Waals surface area (Å²) in [4.78, 5) is 12.9. The molecule has 22 heavy (non-hydrogen) atoms. The summed E-state index contributed by atoms with van der Waals surface area (Å²) in [5, 5.41) is 14.3. The number of piperazine rings is 1. The van der Waals surface area contributed by atoms with Crippen LogP contribution in [0.15, 0.2) is 18.2 Å². The third-order valence-corrected chi connectivity index (χ3v) is 3.63. The van der Waals surface area contributed by atoms with Gasteiger partial charge in [0.15, 0.2) is 0 Å². The molecule has 1 aromatic rings. The number of ether oxygens (including phenoxy) is 1. The first-order valence-electron chi connectivity index (χ1n) is 7.36. The first-order chi connectivity index (χ1) is 9.97.